The van der Waals surface area contributed by atoms with Crippen molar-refractivity contribution in [3.05, 3.63) is 69.7 Å². The molecule has 1 aliphatic carbocycles. The highest BCUT2D eigenvalue weighted by Gasteiger charge is 2.41. The minimum absolute atomic E-state index is 0.579. The minimum atomic E-state index is -0.685. The smallest absolute Gasteiger partial charge is 0.310 e. The molecule has 0 amide bonds. The van der Waals surface area contributed by atoms with Gasteiger partial charge in [0, 0.05) is 4.47 Å². The van der Waals surface area contributed by atoms with Crippen LogP contribution in [0.5, 0.6) is 0 Å². The maximum Gasteiger partial charge on any atom is 0.310 e. The molecule has 108 valence electrons. The van der Waals surface area contributed by atoms with Crippen LogP contribution in [0.25, 0.3) is 0 Å². The number of hydrogen-bond donors (Lipinski definition) is 1. The van der Waals surface area contributed by atoms with Crippen LogP contribution < -0.4 is 0 Å². The molecular weight excluding hydrogens is 328 g/mol. The number of rotatable bonds is 3. The van der Waals surface area contributed by atoms with Gasteiger partial charge in [0.1, 0.15) is 0 Å². The molecule has 0 bridgehead atoms. The number of carboxylic acids is 1. The van der Waals surface area contributed by atoms with Crippen molar-refractivity contribution in [3.63, 3.8) is 0 Å². The Bertz CT molecular complexity index is 680. The molecule has 3 rings (SSSR count). The summed E-state index contributed by atoms with van der Waals surface area (Å²) in [6.07, 6.45) is 2.74. The second-order valence-electron chi connectivity index (χ2n) is 5.84. The van der Waals surface area contributed by atoms with Gasteiger partial charge in [-0.1, -0.05) is 52.3 Å². The second-order valence-corrected chi connectivity index (χ2v) is 6.75. The van der Waals surface area contributed by atoms with Crippen LogP contribution in [0.15, 0.2) is 53.0 Å². The Hall–Kier alpha value is -1.61. The van der Waals surface area contributed by atoms with Gasteiger partial charge in [0.05, 0.1) is 5.41 Å². The van der Waals surface area contributed by atoms with E-state index in [1.807, 2.05) is 36.4 Å². The molecule has 2 aromatic rings. The number of aliphatic carboxylic acids is 1. The number of hydrogen-bond acceptors (Lipinski definition) is 1. The van der Waals surface area contributed by atoms with Crippen molar-refractivity contribution < 1.29 is 9.90 Å². The molecule has 0 aromatic heterocycles. The molecule has 1 aliphatic rings. The van der Waals surface area contributed by atoms with Crippen molar-refractivity contribution in [2.75, 3.05) is 0 Å². The molecule has 2 aromatic carbocycles. The molecule has 21 heavy (non-hydrogen) atoms. The normalized spacial score (nSPS) is 20.8. The Morgan fingerprint density at radius 1 is 1.14 bits per heavy atom. The van der Waals surface area contributed by atoms with Gasteiger partial charge in [0.25, 0.3) is 0 Å². The van der Waals surface area contributed by atoms with E-state index in [2.05, 4.69) is 28.1 Å². The fourth-order valence-corrected chi connectivity index (χ4v) is 3.69. The molecule has 0 spiro atoms. The maximum atomic E-state index is 12.0. The Kier molecular flexibility index (Phi) is 3.85. The molecule has 2 nitrogen and oxygen atoms in total. The molecule has 3 heteroatoms. The molecule has 1 unspecified atom stereocenters. The van der Waals surface area contributed by atoms with E-state index in [-0.39, 0.29) is 0 Å². The Balaban J connectivity index is 1.93. The first-order valence-corrected chi connectivity index (χ1v) is 7.93. The Labute approximate surface area is 132 Å². The summed E-state index contributed by atoms with van der Waals surface area (Å²) >= 11 is 3.46. The van der Waals surface area contributed by atoms with Crippen molar-refractivity contribution >= 4 is 21.9 Å². The lowest BCUT2D eigenvalue weighted by molar-refractivity contribution is -0.149. The lowest BCUT2D eigenvalue weighted by Gasteiger charge is -2.34. The van der Waals surface area contributed by atoms with Gasteiger partial charge < -0.3 is 5.11 Å². The number of halogens is 1. The van der Waals surface area contributed by atoms with Crippen LogP contribution in [0.3, 0.4) is 0 Å². The van der Waals surface area contributed by atoms with E-state index in [1.54, 1.807) is 0 Å². The highest BCUT2D eigenvalue weighted by Crippen LogP contribution is 2.39. The molecular formula is C18H17BrO2. The number of aryl methyl sites for hydroxylation is 1. The van der Waals surface area contributed by atoms with Gasteiger partial charge in [-0.05, 0) is 54.5 Å². The van der Waals surface area contributed by atoms with Gasteiger partial charge in [-0.3, -0.25) is 4.79 Å². The van der Waals surface area contributed by atoms with E-state index in [0.29, 0.717) is 19.3 Å². The third-order valence-corrected chi connectivity index (χ3v) is 4.90. The molecule has 0 radical (unpaired) electrons. The highest BCUT2D eigenvalue weighted by atomic mass is 79.9. The summed E-state index contributed by atoms with van der Waals surface area (Å²) in [5.41, 5.74) is 2.87. The van der Waals surface area contributed by atoms with Crippen LogP contribution in [0.1, 0.15) is 23.1 Å². The summed E-state index contributed by atoms with van der Waals surface area (Å²) in [4.78, 5) is 12.0. The van der Waals surface area contributed by atoms with Crippen LogP contribution >= 0.6 is 15.9 Å². The first kappa shape index (κ1) is 14.3. The Morgan fingerprint density at radius 2 is 1.90 bits per heavy atom. The fraction of sp³-hybridized carbons (Fsp3) is 0.278. The third-order valence-electron chi connectivity index (χ3n) is 4.41. The second kappa shape index (κ2) is 5.64. The van der Waals surface area contributed by atoms with Crippen molar-refractivity contribution in [1.82, 2.24) is 0 Å². The van der Waals surface area contributed by atoms with Gasteiger partial charge in [-0.15, -0.1) is 0 Å². The van der Waals surface area contributed by atoms with E-state index in [1.165, 1.54) is 11.1 Å². The average Bonchev–Trinajstić information content (AvgIpc) is 2.47. The fourth-order valence-electron chi connectivity index (χ4n) is 3.25. The third kappa shape index (κ3) is 2.88. The van der Waals surface area contributed by atoms with E-state index >= 15 is 0 Å². The van der Waals surface area contributed by atoms with Gasteiger partial charge in [0.2, 0.25) is 0 Å². The topological polar surface area (TPSA) is 37.3 Å². The van der Waals surface area contributed by atoms with Gasteiger partial charge in [-0.2, -0.15) is 0 Å². The van der Waals surface area contributed by atoms with E-state index in [4.69, 9.17) is 0 Å². The quantitative estimate of drug-likeness (QED) is 0.903. The van der Waals surface area contributed by atoms with Crippen LogP contribution in [-0.2, 0) is 24.1 Å². The minimum Gasteiger partial charge on any atom is -0.481 e. The van der Waals surface area contributed by atoms with Crippen LogP contribution in [0.4, 0.5) is 0 Å². The van der Waals surface area contributed by atoms with Gasteiger partial charge in [-0.25, -0.2) is 0 Å². The van der Waals surface area contributed by atoms with Crippen LogP contribution in [0, 0.1) is 5.41 Å². The summed E-state index contributed by atoms with van der Waals surface area (Å²) in [5, 5.41) is 9.83. The summed E-state index contributed by atoms with van der Waals surface area (Å²) in [6, 6.07) is 16.2. The number of benzene rings is 2. The van der Waals surface area contributed by atoms with Crippen LogP contribution in [0.2, 0.25) is 0 Å². The Morgan fingerprint density at radius 3 is 2.62 bits per heavy atom. The predicted molar refractivity (Wildman–Crippen MR) is 86.4 cm³/mol. The molecule has 0 saturated heterocycles. The van der Waals surface area contributed by atoms with Crippen molar-refractivity contribution in [1.29, 1.82) is 0 Å². The standard InChI is InChI=1S/C18H17BrO2/c19-16-7-3-4-13(10-16)11-18(17(20)21)9-8-14-5-1-2-6-15(14)12-18/h1-7,10H,8-9,11-12H2,(H,20,21). The zero-order chi connectivity index (χ0) is 14.9. The van der Waals surface area contributed by atoms with Crippen molar-refractivity contribution in [2.24, 2.45) is 5.41 Å². The largest absolute Gasteiger partial charge is 0.481 e. The molecule has 0 heterocycles. The lowest BCUT2D eigenvalue weighted by atomic mass is 9.68. The van der Waals surface area contributed by atoms with Crippen molar-refractivity contribution in [3.8, 4) is 0 Å². The predicted octanol–water partition coefficient (Wildman–Crippen LogP) is 4.25. The van der Waals surface area contributed by atoms with E-state index in [9.17, 15) is 9.90 Å². The zero-order valence-electron chi connectivity index (χ0n) is 11.7. The van der Waals surface area contributed by atoms with E-state index < -0.39 is 11.4 Å². The number of fused-ring (bicyclic) bond motifs is 1. The monoisotopic (exact) mass is 344 g/mol. The first-order chi connectivity index (χ1) is 10.1. The summed E-state index contributed by atoms with van der Waals surface area (Å²) in [5.74, 6) is -0.683. The highest BCUT2D eigenvalue weighted by molar-refractivity contribution is 9.10. The molecule has 0 fully saturated rings. The molecule has 0 saturated carbocycles. The van der Waals surface area contributed by atoms with Crippen molar-refractivity contribution in [2.45, 2.75) is 25.7 Å². The molecule has 1 atom stereocenters. The summed E-state index contributed by atoms with van der Waals surface area (Å²) in [7, 11) is 0. The zero-order valence-corrected chi connectivity index (χ0v) is 13.3. The summed E-state index contributed by atoms with van der Waals surface area (Å²) in [6.45, 7) is 0. The molecule has 0 aliphatic heterocycles. The lowest BCUT2D eigenvalue weighted by Crippen LogP contribution is -2.39. The van der Waals surface area contributed by atoms with Gasteiger partial charge >= 0.3 is 5.97 Å². The first-order valence-electron chi connectivity index (χ1n) is 7.14. The molecule has 1 N–H and O–H groups in total. The van der Waals surface area contributed by atoms with Gasteiger partial charge in [0.15, 0.2) is 0 Å². The van der Waals surface area contributed by atoms with Crippen LogP contribution in [-0.4, -0.2) is 11.1 Å². The summed E-state index contributed by atoms with van der Waals surface area (Å²) < 4.78 is 0.997. The number of carboxylic acid groups (broad SMARTS) is 1. The SMILES string of the molecule is O=C(O)C1(Cc2cccc(Br)c2)CCc2ccccc2C1. The average molecular weight is 345 g/mol. The number of carbonyl (C=O) groups is 1. The van der Waals surface area contributed by atoms with E-state index in [0.717, 1.165) is 16.5 Å². The maximum absolute atomic E-state index is 12.0.